The second-order valence-electron chi connectivity index (χ2n) is 7.46. The third-order valence-corrected chi connectivity index (χ3v) is 8.55. The van der Waals surface area contributed by atoms with Crippen LogP contribution in [0.25, 0.3) is 0 Å². The van der Waals surface area contributed by atoms with E-state index in [-0.39, 0.29) is 11.1 Å². The fourth-order valence-corrected chi connectivity index (χ4v) is 6.33. The summed E-state index contributed by atoms with van der Waals surface area (Å²) < 4.78 is 14.1. The lowest BCUT2D eigenvalue weighted by atomic mass is 10.1. The number of aromatic carboxylic acids is 2. The van der Waals surface area contributed by atoms with E-state index >= 15 is 0 Å². The van der Waals surface area contributed by atoms with Crippen LogP contribution in [0, 0.1) is 0 Å². The lowest BCUT2D eigenvalue weighted by Crippen LogP contribution is -2.19. The molecule has 0 spiro atoms. The third kappa shape index (κ3) is 5.71. The highest BCUT2D eigenvalue weighted by Gasteiger charge is 2.27. The second kappa shape index (κ2) is 10.2. The van der Waals surface area contributed by atoms with Crippen LogP contribution in [0.2, 0.25) is 0 Å². The largest absolute Gasteiger partial charge is 0.478 e. The molecule has 0 aliphatic carbocycles. The van der Waals surface area contributed by atoms with Gasteiger partial charge in [0, 0.05) is 16.8 Å². The van der Waals surface area contributed by atoms with Crippen LogP contribution in [0.1, 0.15) is 45.5 Å². The number of carbonyl (C=O) groups is 2. The summed E-state index contributed by atoms with van der Waals surface area (Å²) in [5.41, 5.74) is 1.55. The van der Waals surface area contributed by atoms with E-state index < -0.39 is 19.1 Å². The Morgan fingerprint density at radius 2 is 1.13 bits per heavy atom. The molecule has 0 fully saturated rings. The fraction of sp³-hybridized carbons (Fsp3) is 0.200. The minimum Gasteiger partial charge on any atom is -0.478 e. The van der Waals surface area contributed by atoms with Gasteiger partial charge < -0.3 is 14.8 Å². The normalized spacial score (nSPS) is 11.2. The van der Waals surface area contributed by atoms with Crippen LogP contribution in [0.4, 0.5) is 0 Å². The van der Waals surface area contributed by atoms with Crippen molar-refractivity contribution in [2.45, 2.75) is 25.7 Å². The maximum absolute atomic E-state index is 14.1. The molecule has 160 valence electrons. The Balaban J connectivity index is 1.77. The lowest BCUT2D eigenvalue weighted by molar-refractivity contribution is 0.0686. The first-order valence-corrected chi connectivity index (χ1v) is 12.1. The number of aryl methyl sites for hydroxylation is 1. The lowest BCUT2D eigenvalue weighted by Gasteiger charge is -2.20. The summed E-state index contributed by atoms with van der Waals surface area (Å²) in [7, 11) is -3.02. The molecule has 0 heterocycles. The predicted molar refractivity (Wildman–Crippen MR) is 123 cm³/mol. The van der Waals surface area contributed by atoms with Crippen molar-refractivity contribution >= 4 is 29.7 Å². The first kappa shape index (κ1) is 22.5. The van der Waals surface area contributed by atoms with E-state index in [1.54, 1.807) is 24.3 Å². The van der Waals surface area contributed by atoms with E-state index in [9.17, 15) is 14.2 Å². The molecule has 0 radical (unpaired) electrons. The van der Waals surface area contributed by atoms with E-state index in [0.717, 1.165) is 25.7 Å². The summed E-state index contributed by atoms with van der Waals surface area (Å²) in [5, 5.41) is 19.5. The first-order valence-electron chi connectivity index (χ1n) is 10.2. The number of carboxylic acid groups (broad SMARTS) is 2. The van der Waals surface area contributed by atoms with Gasteiger partial charge in [-0.3, -0.25) is 0 Å². The van der Waals surface area contributed by atoms with Crippen molar-refractivity contribution in [3.8, 4) is 0 Å². The van der Waals surface area contributed by atoms with Crippen LogP contribution in [0.5, 0.6) is 0 Å². The Kier molecular flexibility index (Phi) is 7.43. The molecule has 0 aliphatic rings. The zero-order valence-corrected chi connectivity index (χ0v) is 18.0. The van der Waals surface area contributed by atoms with E-state index in [1.165, 1.54) is 29.8 Å². The zero-order chi connectivity index (χ0) is 22.3. The standard InChI is InChI=1S/C25H25O5P/c26-24(27)20-10-14-22(15-11-20)31(30,23-16-12-21(13-17-23)25(28)29)18-6-2-5-9-19-7-3-1-4-8-19/h1,3-4,7-8,10-17H,2,5-6,9,18H2,(H,26,27)(H,28,29). The molecule has 0 unspecified atom stereocenters. The second-order valence-corrected chi connectivity index (χ2v) is 10.4. The monoisotopic (exact) mass is 436 g/mol. The van der Waals surface area contributed by atoms with E-state index in [2.05, 4.69) is 12.1 Å². The van der Waals surface area contributed by atoms with Crippen molar-refractivity contribution in [2.75, 3.05) is 6.16 Å². The summed E-state index contributed by atoms with van der Waals surface area (Å²) in [6.07, 6.45) is 4.07. The van der Waals surface area contributed by atoms with Gasteiger partial charge in [0.05, 0.1) is 11.1 Å². The zero-order valence-electron chi connectivity index (χ0n) is 17.1. The molecule has 3 rings (SSSR count). The number of hydrogen-bond donors (Lipinski definition) is 2. The number of hydrogen-bond acceptors (Lipinski definition) is 3. The summed E-state index contributed by atoms with van der Waals surface area (Å²) >= 11 is 0. The highest BCUT2D eigenvalue weighted by Crippen LogP contribution is 2.44. The van der Waals surface area contributed by atoms with Gasteiger partial charge in [0.15, 0.2) is 0 Å². The minimum atomic E-state index is -3.02. The van der Waals surface area contributed by atoms with Crippen molar-refractivity contribution in [1.82, 2.24) is 0 Å². The molecular formula is C25H25O5P. The highest BCUT2D eigenvalue weighted by molar-refractivity contribution is 7.78. The molecular weight excluding hydrogens is 411 g/mol. The van der Waals surface area contributed by atoms with Crippen molar-refractivity contribution in [3.05, 3.63) is 95.6 Å². The predicted octanol–water partition coefficient (Wildman–Crippen LogP) is 4.81. The number of rotatable bonds is 10. The van der Waals surface area contributed by atoms with Gasteiger partial charge in [-0.2, -0.15) is 0 Å². The quantitative estimate of drug-likeness (QED) is 0.352. The summed E-state index contributed by atoms with van der Waals surface area (Å²) in [6, 6.07) is 22.5. The van der Waals surface area contributed by atoms with Gasteiger partial charge >= 0.3 is 11.9 Å². The topological polar surface area (TPSA) is 91.7 Å². The molecule has 0 saturated carbocycles. The van der Waals surface area contributed by atoms with Gasteiger partial charge in [0.1, 0.15) is 7.14 Å². The van der Waals surface area contributed by atoms with E-state index in [1.807, 2.05) is 18.2 Å². The van der Waals surface area contributed by atoms with Crippen molar-refractivity contribution in [3.63, 3.8) is 0 Å². The molecule has 31 heavy (non-hydrogen) atoms. The van der Waals surface area contributed by atoms with Crippen molar-refractivity contribution in [2.24, 2.45) is 0 Å². The Morgan fingerprint density at radius 3 is 1.58 bits per heavy atom. The van der Waals surface area contributed by atoms with E-state index in [4.69, 9.17) is 10.2 Å². The van der Waals surface area contributed by atoms with Crippen LogP contribution >= 0.6 is 7.14 Å². The summed E-state index contributed by atoms with van der Waals surface area (Å²) in [6.45, 7) is 0. The van der Waals surface area contributed by atoms with Crippen molar-refractivity contribution < 1.29 is 24.4 Å². The molecule has 2 N–H and O–H groups in total. The number of carboxylic acids is 2. The maximum Gasteiger partial charge on any atom is 0.335 e. The van der Waals surface area contributed by atoms with Gasteiger partial charge in [-0.15, -0.1) is 0 Å². The first-order chi connectivity index (χ1) is 14.9. The average Bonchev–Trinajstić information content (AvgIpc) is 2.79. The third-order valence-electron chi connectivity index (χ3n) is 5.34. The molecule has 0 aliphatic heterocycles. The molecule has 0 aromatic heterocycles. The van der Waals surface area contributed by atoms with Crippen LogP contribution in [0.15, 0.2) is 78.9 Å². The van der Waals surface area contributed by atoms with Gasteiger partial charge in [-0.05, 0) is 49.1 Å². The van der Waals surface area contributed by atoms with Gasteiger partial charge in [-0.25, -0.2) is 9.59 Å². The fourth-order valence-electron chi connectivity index (χ4n) is 3.58. The van der Waals surface area contributed by atoms with Crippen LogP contribution in [-0.4, -0.2) is 28.3 Å². The summed E-state index contributed by atoms with van der Waals surface area (Å²) in [4.78, 5) is 22.3. The van der Waals surface area contributed by atoms with Gasteiger partial charge in [-0.1, -0.05) is 61.0 Å². The van der Waals surface area contributed by atoms with Crippen LogP contribution in [-0.2, 0) is 11.0 Å². The molecule has 3 aromatic carbocycles. The molecule has 6 heteroatoms. The highest BCUT2D eigenvalue weighted by atomic mass is 31.2. The van der Waals surface area contributed by atoms with Crippen LogP contribution in [0.3, 0.4) is 0 Å². The van der Waals surface area contributed by atoms with Crippen LogP contribution < -0.4 is 10.6 Å². The molecule has 0 amide bonds. The molecule has 0 bridgehead atoms. The smallest absolute Gasteiger partial charge is 0.335 e. The Hall–Kier alpha value is -3.17. The Bertz CT molecular complexity index is 1010. The maximum atomic E-state index is 14.1. The van der Waals surface area contributed by atoms with Gasteiger partial charge in [0.25, 0.3) is 0 Å². The molecule has 0 atom stereocenters. The molecule has 3 aromatic rings. The number of benzene rings is 3. The Labute approximate surface area is 181 Å². The van der Waals surface area contributed by atoms with Gasteiger partial charge in [0.2, 0.25) is 0 Å². The number of unbranched alkanes of at least 4 members (excludes halogenated alkanes) is 2. The molecule has 0 saturated heterocycles. The molecule has 5 nitrogen and oxygen atoms in total. The minimum absolute atomic E-state index is 0.138. The van der Waals surface area contributed by atoms with E-state index in [0.29, 0.717) is 16.8 Å². The SMILES string of the molecule is O=C(O)c1ccc(P(=O)(CCCCCc2ccccc2)c2ccc(C(=O)O)cc2)cc1. The summed E-state index contributed by atoms with van der Waals surface area (Å²) in [5.74, 6) is -2.07. The Morgan fingerprint density at radius 1 is 0.645 bits per heavy atom. The average molecular weight is 436 g/mol. The van der Waals surface area contributed by atoms with Crippen molar-refractivity contribution in [1.29, 1.82) is 0 Å².